The van der Waals surface area contributed by atoms with Crippen molar-refractivity contribution in [3.8, 4) is 0 Å². The molecule has 0 unspecified atom stereocenters. The Balaban J connectivity index is 2.64. The molecule has 0 aromatic heterocycles. The minimum absolute atomic E-state index is 0.0381. The van der Waals surface area contributed by atoms with E-state index in [1.54, 1.807) is 60.7 Å². The van der Waals surface area contributed by atoms with Gasteiger partial charge in [0.15, 0.2) is 5.83 Å². The summed E-state index contributed by atoms with van der Waals surface area (Å²) in [6, 6.07) is 17.1. The number of aliphatic carboxylic acids is 1. The molecule has 18 heavy (non-hydrogen) atoms. The van der Waals surface area contributed by atoms with Crippen LogP contribution in [0.15, 0.2) is 66.5 Å². The van der Waals surface area contributed by atoms with E-state index < -0.39 is 11.8 Å². The molecule has 2 aromatic rings. The average molecular weight is 241 g/mol. The first-order chi connectivity index (χ1) is 8.70. The molecule has 0 heterocycles. The molecule has 3 heteroatoms. The molecule has 0 fully saturated rings. The van der Waals surface area contributed by atoms with Gasteiger partial charge in [-0.1, -0.05) is 60.7 Å². The van der Waals surface area contributed by atoms with E-state index in [9.17, 15) is 14.3 Å². The number of carboxylic acid groups (broad SMARTS) is 1. The van der Waals surface area contributed by atoms with Gasteiger partial charge in [-0.2, -0.15) is 0 Å². The minimum atomic E-state index is -1.81. The van der Waals surface area contributed by atoms with Gasteiger partial charge < -0.3 is 9.90 Å². The summed E-state index contributed by atoms with van der Waals surface area (Å²) in [6.45, 7) is 0. The van der Waals surface area contributed by atoms with Crippen LogP contribution in [0.2, 0.25) is 0 Å². The summed E-state index contributed by atoms with van der Waals surface area (Å²) in [5.74, 6) is -3.06. The third-order valence-corrected chi connectivity index (χ3v) is 2.52. The van der Waals surface area contributed by atoms with E-state index in [0.717, 1.165) is 0 Å². The summed E-state index contributed by atoms with van der Waals surface area (Å²) in [7, 11) is 0. The highest BCUT2D eigenvalue weighted by molar-refractivity contribution is 5.97. The lowest BCUT2D eigenvalue weighted by Gasteiger charge is -2.11. The molecule has 2 nitrogen and oxygen atoms in total. The molecular formula is C15H10FO2-. The highest BCUT2D eigenvalue weighted by Crippen LogP contribution is 2.27. The summed E-state index contributed by atoms with van der Waals surface area (Å²) in [5, 5.41) is 10.7. The number of halogens is 1. The van der Waals surface area contributed by atoms with Gasteiger partial charge in [-0.3, -0.25) is 0 Å². The van der Waals surface area contributed by atoms with Crippen LogP contribution in [0, 0.1) is 0 Å². The van der Waals surface area contributed by atoms with E-state index >= 15 is 0 Å². The third-order valence-electron chi connectivity index (χ3n) is 2.52. The zero-order valence-electron chi connectivity index (χ0n) is 9.47. The molecule has 0 spiro atoms. The van der Waals surface area contributed by atoms with Gasteiger partial charge in [0.2, 0.25) is 0 Å². The van der Waals surface area contributed by atoms with E-state index in [-0.39, 0.29) is 5.57 Å². The lowest BCUT2D eigenvalue weighted by atomic mass is 9.97. The molecule has 0 saturated carbocycles. The van der Waals surface area contributed by atoms with Crippen molar-refractivity contribution in [2.75, 3.05) is 0 Å². The minimum Gasteiger partial charge on any atom is -0.542 e. The van der Waals surface area contributed by atoms with Crippen molar-refractivity contribution >= 4 is 11.5 Å². The zero-order valence-corrected chi connectivity index (χ0v) is 9.47. The fourth-order valence-electron chi connectivity index (χ4n) is 1.73. The van der Waals surface area contributed by atoms with Crippen LogP contribution in [-0.4, -0.2) is 5.97 Å². The molecule has 0 aliphatic rings. The van der Waals surface area contributed by atoms with Gasteiger partial charge in [-0.05, 0) is 11.1 Å². The predicted octanol–water partition coefficient (Wildman–Crippen LogP) is 2.17. The van der Waals surface area contributed by atoms with Gasteiger partial charge in [-0.15, -0.1) is 0 Å². The molecular weight excluding hydrogens is 231 g/mol. The smallest absolute Gasteiger partial charge is 0.154 e. The highest BCUT2D eigenvalue weighted by Gasteiger charge is 2.12. The number of carboxylic acids is 1. The lowest BCUT2D eigenvalue weighted by molar-refractivity contribution is -0.301. The summed E-state index contributed by atoms with van der Waals surface area (Å²) in [6.07, 6.45) is 0. The van der Waals surface area contributed by atoms with Crippen LogP contribution in [0.5, 0.6) is 0 Å². The van der Waals surface area contributed by atoms with Crippen molar-refractivity contribution in [2.24, 2.45) is 0 Å². The second-order valence-corrected chi connectivity index (χ2v) is 3.71. The number of rotatable bonds is 3. The maximum absolute atomic E-state index is 13.8. The van der Waals surface area contributed by atoms with Crippen molar-refractivity contribution in [1.29, 1.82) is 0 Å². The topological polar surface area (TPSA) is 40.1 Å². The Bertz CT molecular complexity index is 532. The first kappa shape index (κ1) is 12.0. The Labute approximate surface area is 104 Å². The van der Waals surface area contributed by atoms with Crippen LogP contribution in [0.1, 0.15) is 11.1 Å². The van der Waals surface area contributed by atoms with Crippen molar-refractivity contribution < 1.29 is 14.3 Å². The maximum Gasteiger partial charge on any atom is 0.154 e. The first-order valence-corrected chi connectivity index (χ1v) is 5.42. The number of benzene rings is 2. The highest BCUT2D eigenvalue weighted by atomic mass is 19.1. The molecule has 90 valence electrons. The van der Waals surface area contributed by atoms with Crippen LogP contribution >= 0.6 is 0 Å². The van der Waals surface area contributed by atoms with E-state index in [2.05, 4.69) is 0 Å². The van der Waals surface area contributed by atoms with Gasteiger partial charge in [0, 0.05) is 5.57 Å². The van der Waals surface area contributed by atoms with Crippen LogP contribution in [0.3, 0.4) is 0 Å². The van der Waals surface area contributed by atoms with Gasteiger partial charge >= 0.3 is 0 Å². The maximum atomic E-state index is 13.8. The molecule has 0 atom stereocenters. The van der Waals surface area contributed by atoms with E-state index in [1.165, 1.54) is 0 Å². The number of hydrogen-bond acceptors (Lipinski definition) is 2. The average Bonchev–Trinajstić information content (AvgIpc) is 2.41. The van der Waals surface area contributed by atoms with E-state index in [0.29, 0.717) is 11.1 Å². The van der Waals surface area contributed by atoms with Gasteiger partial charge in [-0.25, -0.2) is 4.39 Å². The predicted molar refractivity (Wildman–Crippen MR) is 65.0 cm³/mol. The Morgan fingerprint density at radius 1 is 0.833 bits per heavy atom. The molecule has 2 rings (SSSR count). The number of carbonyl (C=O) groups is 1. The molecule has 0 amide bonds. The Morgan fingerprint density at radius 3 is 1.56 bits per heavy atom. The fraction of sp³-hybridized carbons (Fsp3) is 0. The Kier molecular flexibility index (Phi) is 3.53. The molecule has 0 aliphatic heterocycles. The Morgan fingerprint density at radius 2 is 1.22 bits per heavy atom. The fourth-order valence-corrected chi connectivity index (χ4v) is 1.73. The van der Waals surface area contributed by atoms with Crippen molar-refractivity contribution in [1.82, 2.24) is 0 Å². The lowest BCUT2D eigenvalue weighted by Crippen LogP contribution is -2.23. The van der Waals surface area contributed by atoms with E-state index in [1.807, 2.05) is 0 Å². The first-order valence-electron chi connectivity index (χ1n) is 5.42. The molecule has 0 aliphatic carbocycles. The van der Waals surface area contributed by atoms with Crippen molar-refractivity contribution in [3.63, 3.8) is 0 Å². The van der Waals surface area contributed by atoms with Crippen molar-refractivity contribution in [2.45, 2.75) is 0 Å². The Hall–Kier alpha value is -2.42. The van der Waals surface area contributed by atoms with Gasteiger partial charge in [0.25, 0.3) is 0 Å². The van der Waals surface area contributed by atoms with Crippen LogP contribution in [0.25, 0.3) is 5.57 Å². The second kappa shape index (κ2) is 5.27. The second-order valence-electron chi connectivity index (χ2n) is 3.71. The summed E-state index contributed by atoms with van der Waals surface area (Å²) < 4.78 is 13.8. The number of hydrogen-bond donors (Lipinski definition) is 0. The quantitative estimate of drug-likeness (QED) is 0.772. The SMILES string of the molecule is O=C([O-])C(F)=C(c1ccccc1)c1ccccc1. The summed E-state index contributed by atoms with van der Waals surface area (Å²) >= 11 is 0. The number of carbonyl (C=O) groups excluding carboxylic acids is 1. The van der Waals surface area contributed by atoms with Crippen LogP contribution in [-0.2, 0) is 4.79 Å². The molecule has 0 radical (unpaired) electrons. The van der Waals surface area contributed by atoms with Crippen LogP contribution < -0.4 is 5.11 Å². The molecule has 0 bridgehead atoms. The third kappa shape index (κ3) is 2.46. The standard InChI is InChI=1S/C15H11FO2/c16-14(15(17)18)13(11-7-3-1-4-8-11)12-9-5-2-6-10-12/h1-10H,(H,17,18)/p-1. The van der Waals surface area contributed by atoms with Gasteiger partial charge in [0.1, 0.15) is 5.97 Å². The van der Waals surface area contributed by atoms with E-state index in [4.69, 9.17) is 0 Å². The molecule has 0 N–H and O–H groups in total. The van der Waals surface area contributed by atoms with Gasteiger partial charge in [0.05, 0.1) is 0 Å². The summed E-state index contributed by atoms with van der Waals surface area (Å²) in [4.78, 5) is 10.7. The zero-order chi connectivity index (χ0) is 13.0. The molecule has 0 saturated heterocycles. The normalized spacial score (nSPS) is 9.83. The van der Waals surface area contributed by atoms with Crippen molar-refractivity contribution in [3.05, 3.63) is 77.6 Å². The summed E-state index contributed by atoms with van der Waals surface area (Å²) in [5.41, 5.74) is 1.05. The van der Waals surface area contributed by atoms with Crippen LogP contribution in [0.4, 0.5) is 4.39 Å². The largest absolute Gasteiger partial charge is 0.542 e. The monoisotopic (exact) mass is 241 g/mol. The molecule has 2 aromatic carbocycles.